The molecule has 1 saturated heterocycles. The number of benzene rings is 2. The molecular weight excluding hydrogens is 446 g/mol. The Labute approximate surface area is 204 Å². The molecule has 1 fully saturated rings. The molecule has 2 aliphatic rings. The number of para-hydroxylation sites is 1. The molecule has 0 spiro atoms. The van der Waals surface area contributed by atoms with Gasteiger partial charge in [0.1, 0.15) is 6.04 Å². The molecule has 2 atom stereocenters. The van der Waals surface area contributed by atoms with E-state index in [2.05, 4.69) is 18.0 Å². The van der Waals surface area contributed by atoms with Crippen LogP contribution in [0.1, 0.15) is 42.6 Å². The van der Waals surface area contributed by atoms with Crippen molar-refractivity contribution >= 4 is 22.7 Å². The predicted molar refractivity (Wildman–Crippen MR) is 132 cm³/mol. The summed E-state index contributed by atoms with van der Waals surface area (Å²) in [6.07, 6.45) is 2.32. The SMILES string of the molecule is CCCCN1CC(=O)N2C(c3cc(OC)c(OC)c(OC)c3)c3[nH]c4ccccc4c3C[C@@H]2C1=O. The summed E-state index contributed by atoms with van der Waals surface area (Å²) in [5, 5.41) is 1.07. The number of methoxy groups -OCH3 is 3. The van der Waals surface area contributed by atoms with Crippen LogP contribution in [0.25, 0.3) is 10.9 Å². The number of fused-ring (bicyclic) bond motifs is 4. The van der Waals surface area contributed by atoms with E-state index in [9.17, 15) is 9.59 Å². The lowest BCUT2D eigenvalue weighted by Crippen LogP contribution is -2.63. The predicted octanol–water partition coefficient (Wildman–Crippen LogP) is 3.68. The average molecular weight is 478 g/mol. The van der Waals surface area contributed by atoms with Gasteiger partial charge in [-0.2, -0.15) is 0 Å². The number of nitrogens with zero attached hydrogens (tertiary/aromatic N) is 2. The topological polar surface area (TPSA) is 84.1 Å². The zero-order valence-corrected chi connectivity index (χ0v) is 20.6. The molecule has 3 aromatic rings. The van der Waals surface area contributed by atoms with Crippen LogP contribution < -0.4 is 14.2 Å². The lowest BCUT2D eigenvalue weighted by molar-refractivity contribution is -0.158. The van der Waals surface area contributed by atoms with Gasteiger partial charge in [0.15, 0.2) is 11.5 Å². The maximum Gasteiger partial charge on any atom is 0.246 e. The molecule has 1 aromatic heterocycles. The van der Waals surface area contributed by atoms with E-state index in [-0.39, 0.29) is 18.4 Å². The Hall–Kier alpha value is -3.68. The minimum atomic E-state index is -0.566. The van der Waals surface area contributed by atoms with Crippen LogP contribution >= 0.6 is 0 Å². The summed E-state index contributed by atoms with van der Waals surface area (Å²) >= 11 is 0. The minimum absolute atomic E-state index is 0.00595. The van der Waals surface area contributed by atoms with E-state index < -0.39 is 12.1 Å². The number of rotatable bonds is 7. The summed E-state index contributed by atoms with van der Waals surface area (Å²) in [6.45, 7) is 2.77. The Kier molecular flexibility index (Phi) is 6.05. The maximum absolute atomic E-state index is 13.7. The molecule has 2 amide bonds. The summed E-state index contributed by atoms with van der Waals surface area (Å²) in [7, 11) is 4.70. The van der Waals surface area contributed by atoms with Gasteiger partial charge in [-0.05, 0) is 35.7 Å². The van der Waals surface area contributed by atoms with Gasteiger partial charge in [-0.1, -0.05) is 31.5 Å². The van der Waals surface area contributed by atoms with Gasteiger partial charge in [-0.3, -0.25) is 9.59 Å². The monoisotopic (exact) mass is 477 g/mol. The van der Waals surface area contributed by atoms with E-state index in [0.29, 0.717) is 30.2 Å². The Morgan fingerprint density at radius 3 is 2.40 bits per heavy atom. The highest BCUT2D eigenvalue weighted by atomic mass is 16.5. The highest BCUT2D eigenvalue weighted by molar-refractivity contribution is 5.97. The van der Waals surface area contributed by atoms with Crippen LogP contribution in [0.4, 0.5) is 0 Å². The molecule has 184 valence electrons. The number of carbonyl (C=O) groups is 2. The minimum Gasteiger partial charge on any atom is -0.493 e. The van der Waals surface area contributed by atoms with Gasteiger partial charge >= 0.3 is 0 Å². The molecule has 35 heavy (non-hydrogen) atoms. The summed E-state index contributed by atoms with van der Waals surface area (Å²) in [6, 6.07) is 10.7. The summed E-state index contributed by atoms with van der Waals surface area (Å²) in [4.78, 5) is 34.3. The molecule has 1 unspecified atom stereocenters. The highest BCUT2D eigenvalue weighted by Gasteiger charge is 2.48. The van der Waals surface area contributed by atoms with E-state index >= 15 is 0 Å². The molecule has 0 bridgehead atoms. The van der Waals surface area contributed by atoms with Gasteiger partial charge < -0.3 is 29.0 Å². The lowest BCUT2D eigenvalue weighted by Gasteiger charge is -2.47. The van der Waals surface area contributed by atoms with Crippen LogP contribution in [-0.4, -0.2) is 67.1 Å². The number of hydrogen-bond acceptors (Lipinski definition) is 5. The fraction of sp³-hybridized carbons (Fsp3) is 0.407. The van der Waals surface area contributed by atoms with Crippen molar-refractivity contribution in [1.29, 1.82) is 0 Å². The third-order valence-corrected chi connectivity index (χ3v) is 7.13. The highest BCUT2D eigenvalue weighted by Crippen LogP contribution is 2.46. The van der Waals surface area contributed by atoms with E-state index in [4.69, 9.17) is 14.2 Å². The number of amides is 2. The number of carbonyl (C=O) groups excluding carboxylic acids is 2. The molecule has 1 N–H and O–H groups in total. The van der Waals surface area contributed by atoms with Crippen molar-refractivity contribution in [3.63, 3.8) is 0 Å². The number of aromatic nitrogens is 1. The fourth-order valence-corrected chi connectivity index (χ4v) is 5.47. The molecule has 2 aromatic carbocycles. The number of hydrogen-bond donors (Lipinski definition) is 1. The van der Waals surface area contributed by atoms with Crippen molar-refractivity contribution in [2.75, 3.05) is 34.4 Å². The average Bonchev–Trinajstić information content (AvgIpc) is 3.26. The smallest absolute Gasteiger partial charge is 0.246 e. The van der Waals surface area contributed by atoms with Crippen LogP contribution in [0.5, 0.6) is 17.2 Å². The van der Waals surface area contributed by atoms with Crippen LogP contribution in [0.15, 0.2) is 36.4 Å². The van der Waals surface area contributed by atoms with E-state index in [1.165, 1.54) is 0 Å². The molecule has 0 aliphatic carbocycles. The van der Waals surface area contributed by atoms with Gasteiger partial charge in [0.2, 0.25) is 17.6 Å². The van der Waals surface area contributed by atoms with Crippen LogP contribution in [0.2, 0.25) is 0 Å². The second-order valence-corrected chi connectivity index (χ2v) is 9.06. The third-order valence-electron chi connectivity index (χ3n) is 7.13. The number of H-pyrrole nitrogens is 1. The molecule has 8 nitrogen and oxygen atoms in total. The van der Waals surface area contributed by atoms with Crippen LogP contribution in [-0.2, 0) is 16.0 Å². The van der Waals surface area contributed by atoms with Crippen molar-refractivity contribution in [3.8, 4) is 17.2 Å². The Bertz CT molecular complexity index is 1260. The standard InChI is InChI=1S/C27H31N3O5/c1-5-6-11-29-15-23(31)30-20(27(29)32)14-18-17-9-7-8-10-19(17)28-24(18)25(30)16-12-21(33-2)26(35-4)22(13-16)34-3/h7-10,12-13,20,25,28H,5-6,11,14-15H2,1-4H3/t20-,25?/m1/s1. The van der Waals surface area contributed by atoms with Crippen LogP contribution in [0.3, 0.4) is 0 Å². The van der Waals surface area contributed by atoms with Gasteiger partial charge in [0.25, 0.3) is 0 Å². The first kappa shape index (κ1) is 23.1. The normalized spacial score (nSPS) is 19.5. The Morgan fingerprint density at radius 1 is 1.03 bits per heavy atom. The van der Waals surface area contributed by atoms with Gasteiger partial charge in [0.05, 0.1) is 33.9 Å². The van der Waals surface area contributed by atoms with Gasteiger partial charge in [0, 0.05) is 29.6 Å². The number of unbranched alkanes of at least 4 members (excludes halogenated alkanes) is 1. The van der Waals surface area contributed by atoms with Crippen molar-refractivity contribution in [2.24, 2.45) is 0 Å². The van der Waals surface area contributed by atoms with E-state index in [1.54, 1.807) is 31.1 Å². The third kappa shape index (κ3) is 3.68. The molecule has 2 aliphatic heterocycles. The lowest BCUT2D eigenvalue weighted by atomic mass is 9.86. The molecule has 8 heteroatoms. The first-order valence-electron chi connectivity index (χ1n) is 12.0. The van der Waals surface area contributed by atoms with Crippen molar-refractivity contribution in [3.05, 3.63) is 53.2 Å². The van der Waals surface area contributed by atoms with Crippen molar-refractivity contribution in [1.82, 2.24) is 14.8 Å². The number of piperazine rings is 1. The second kappa shape index (κ2) is 9.17. The van der Waals surface area contributed by atoms with Crippen LogP contribution in [0, 0.1) is 0 Å². The first-order valence-corrected chi connectivity index (χ1v) is 12.0. The second-order valence-electron chi connectivity index (χ2n) is 9.06. The zero-order valence-electron chi connectivity index (χ0n) is 20.6. The molecule has 5 rings (SSSR count). The van der Waals surface area contributed by atoms with Crippen molar-refractivity contribution < 1.29 is 23.8 Å². The quantitative estimate of drug-likeness (QED) is 0.561. The number of nitrogens with one attached hydrogen (secondary N) is 1. The van der Waals surface area contributed by atoms with Gasteiger partial charge in [-0.15, -0.1) is 0 Å². The first-order chi connectivity index (χ1) is 17.0. The summed E-state index contributed by atoms with van der Waals surface area (Å²) in [5.74, 6) is 1.43. The maximum atomic E-state index is 13.7. The number of aromatic amines is 1. The molecule has 3 heterocycles. The molecule has 0 saturated carbocycles. The molecule has 0 radical (unpaired) electrons. The van der Waals surface area contributed by atoms with E-state index in [1.807, 2.05) is 30.3 Å². The van der Waals surface area contributed by atoms with Crippen molar-refractivity contribution in [2.45, 2.75) is 38.3 Å². The zero-order chi connectivity index (χ0) is 24.7. The Balaban J connectivity index is 1.71. The largest absolute Gasteiger partial charge is 0.493 e. The van der Waals surface area contributed by atoms with E-state index in [0.717, 1.165) is 40.6 Å². The fourth-order valence-electron chi connectivity index (χ4n) is 5.47. The molecular formula is C27H31N3O5. The van der Waals surface area contributed by atoms with Gasteiger partial charge in [-0.25, -0.2) is 0 Å². The Morgan fingerprint density at radius 2 is 1.74 bits per heavy atom. The summed E-state index contributed by atoms with van der Waals surface area (Å²) < 4.78 is 16.7. The summed E-state index contributed by atoms with van der Waals surface area (Å²) in [5.41, 5.74) is 3.76. The number of ether oxygens (including phenoxy) is 3.